The SMILES string of the molecule is O=C(CCN1C(=O)[C@@H]2CCCC[C@H]2C1=O)NC[C@@H]1CCCO1. The van der Waals surface area contributed by atoms with Gasteiger partial charge in [-0.05, 0) is 25.7 Å². The van der Waals surface area contributed by atoms with Crippen molar-refractivity contribution in [2.24, 2.45) is 11.8 Å². The van der Waals surface area contributed by atoms with Crippen LogP contribution in [-0.2, 0) is 19.1 Å². The molecule has 3 aliphatic rings. The third-order valence-corrected chi connectivity index (χ3v) is 5.05. The van der Waals surface area contributed by atoms with Gasteiger partial charge in [0.25, 0.3) is 0 Å². The Labute approximate surface area is 130 Å². The molecule has 1 N–H and O–H groups in total. The molecule has 6 heteroatoms. The van der Waals surface area contributed by atoms with Crippen LogP contribution >= 0.6 is 0 Å². The number of ether oxygens (including phenoxy) is 1. The summed E-state index contributed by atoms with van der Waals surface area (Å²) in [4.78, 5) is 37.7. The average Bonchev–Trinajstić information content (AvgIpc) is 3.13. The van der Waals surface area contributed by atoms with Crippen LogP contribution in [0.15, 0.2) is 0 Å². The van der Waals surface area contributed by atoms with Gasteiger partial charge in [0.05, 0.1) is 17.9 Å². The van der Waals surface area contributed by atoms with Crippen molar-refractivity contribution in [2.75, 3.05) is 19.7 Å². The van der Waals surface area contributed by atoms with E-state index in [4.69, 9.17) is 4.74 Å². The number of carbonyl (C=O) groups excluding carboxylic acids is 3. The maximum absolute atomic E-state index is 12.3. The molecule has 122 valence electrons. The van der Waals surface area contributed by atoms with Gasteiger partial charge in [-0.25, -0.2) is 0 Å². The van der Waals surface area contributed by atoms with E-state index < -0.39 is 0 Å². The molecule has 2 aliphatic heterocycles. The minimum Gasteiger partial charge on any atom is -0.376 e. The van der Waals surface area contributed by atoms with E-state index in [1.165, 1.54) is 4.90 Å². The molecule has 0 unspecified atom stereocenters. The lowest BCUT2D eigenvalue weighted by atomic mass is 9.81. The fraction of sp³-hybridized carbons (Fsp3) is 0.812. The Morgan fingerprint density at radius 1 is 1.09 bits per heavy atom. The molecule has 0 aromatic carbocycles. The molecule has 3 amide bonds. The molecule has 3 rings (SSSR count). The minimum atomic E-state index is -0.129. The van der Waals surface area contributed by atoms with Gasteiger partial charge in [0.15, 0.2) is 0 Å². The normalized spacial score (nSPS) is 31.5. The smallest absolute Gasteiger partial charge is 0.233 e. The van der Waals surface area contributed by atoms with E-state index >= 15 is 0 Å². The fourth-order valence-electron chi connectivity index (χ4n) is 3.79. The summed E-state index contributed by atoms with van der Waals surface area (Å²) in [7, 11) is 0. The molecule has 3 atom stereocenters. The highest BCUT2D eigenvalue weighted by atomic mass is 16.5. The van der Waals surface area contributed by atoms with Gasteiger partial charge < -0.3 is 10.1 Å². The second-order valence-corrected chi connectivity index (χ2v) is 6.51. The van der Waals surface area contributed by atoms with Gasteiger partial charge in [-0.15, -0.1) is 0 Å². The Morgan fingerprint density at radius 2 is 1.77 bits per heavy atom. The lowest BCUT2D eigenvalue weighted by molar-refractivity contribution is -0.140. The quantitative estimate of drug-likeness (QED) is 0.764. The van der Waals surface area contributed by atoms with Crippen molar-refractivity contribution in [2.45, 2.75) is 51.0 Å². The minimum absolute atomic E-state index is 0.0679. The number of amides is 3. The van der Waals surface area contributed by atoms with Gasteiger partial charge in [-0.1, -0.05) is 12.8 Å². The monoisotopic (exact) mass is 308 g/mol. The maximum atomic E-state index is 12.3. The van der Waals surface area contributed by atoms with Crippen molar-refractivity contribution in [1.29, 1.82) is 0 Å². The molecule has 6 nitrogen and oxygen atoms in total. The Kier molecular flexibility index (Phi) is 4.76. The number of rotatable bonds is 5. The van der Waals surface area contributed by atoms with Crippen LogP contribution in [0.1, 0.15) is 44.9 Å². The second kappa shape index (κ2) is 6.77. The van der Waals surface area contributed by atoms with E-state index in [0.29, 0.717) is 6.54 Å². The molecule has 2 saturated heterocycles. The van der Waals surface area contributed by atoms with Crippen LogP contribution in [-0.4, -0.2) is 48.4 Å². The first-order chi connectivity index (χ1) is 10.7. The Morgan fingerprint density at radius 3 is 2.36 bits per heavy atom. The number of fused-ring (bicyclic) bond motifs is 1. The van der Waals surface area contributed by atoms with Gasteiger partial charge in [-0.2, -0.15) is 0 Å². The van der Waals surface area contributed by atoms with E-state index in [9.17, 15) is 14.4 Å². The summed E-state index contributed by atoms with van der Waals surface area (Å²) in [6, 6.07) is 0. The summed E-state index contributed by atoms with van der Waals surface area (Å²) in [5.74, 6) is -0.512. The molecule has 0 aromatic heterocycles. The lowest BCUT2D eigenvalue weighted by Crippen LogP contribution is -2.37. The molecule has 2 heterocycles. The average molecular weight is 308 g/mol. The van der Waals surface area contributed by atoms with Crippen LogP contribution < -0.4 is 5.32 Å². The molecule has 0 bridgehead atoms. The van der Waals surface area contributed by atoms with Crippen molar-refractivity contribution >= 4 is 17.7 Å². The van der Waals surface area contributed by atoms with E-state index in [-0.39, 0.29) is 48.6 Å². The van der Waals surface area contributed by atoms with E-state index in [1.54, 1.807) is 0 Å². The topological polar surface area (TPSA) is 75.7 Å². The van der Waals surface area contributed by atoms with E-state index in [2.05, 4.69) is 5.32 Å². The molecule has 0 aromatic rings. The van der Waals surface area contributed by atoms with Crippen LogP contribution in [0.4, 0.5) is 0 Å². The summed E-state index contributed by atoms with van der Waals surface area (Å²) in [6.45, 7) is 1.49. The van der Waals surface area contributed by atoms with Crippen molar-refractivity contribution in [3.05, 3.63) is 0 Å². The number of nitrogens with zero attached hydrogens (tertiary/aromatic N) is 1. The molecule has 1 saturated carbocycles. The first-order valence-corrected chi connectivity index (χ1v) is 8.40. The zero-order chi connectivity index (χ0) is 15.5. The first-order valence-electron chi connectivity index (χ1n) is 8.40. The molecule has 0 spiro atoms. The van der Waals surface area contributed by atoms with Gasteiger partial charge in [-0.3, -0.25) is 19.3 Å². The van der Waals surface area contributed by atoms with Crippen LogP contribution in [0.2, 0.25) is 0 Å². The molecular formula is C16H24N2O4. The number of nitrogens with one attached hydrogen (secondary N) is 1. The molecule has 1 aliphatic carbocycles. The summed E-state index contributed by atoms with van der Waals surface area (Å²) in [5, 5.41) is 2.83. The molecule has 0 radical (unpaired) electrons. The predicted octanol–water partition coefficient (Wildman–Crippen LogP) is 0.847. The number of imide groups is 1. The summed E-state index contributed by atoms with van der Waals surface area (Å²) in [6.07, 6.45) is 6.00. The van der Waals surface area contributed by atoms with E-state index in [0.717, 1.165) is 45.1 Å². The standard InChI is InChI=1S/C16H24N2O4/c19-14(17-10-11-4-3-9-22-11)7-8-18-15(20)12-5-1-2-6-13(12)16(18)21/h11-13H,1-10H2,(H,17,19)/t11-,12+,13+/m0/s1. The number of likely N-dealkylation sites (tertiary alicyclic amines) is 1. The van der Waals surface area contributed by atoms with Gasteiger partial charge >= 0.3 is 0 Å². The zero-order valence-corrected chi connectivity index (χ0v) is 12.9. The third kappa shape index (κ3) is 3.16. The Bertz CT molecular complexity index is 435. The summed E-state index contributed by atoms with van der Waals surface area (Å²) < 4.78 is 5.45. The number of carbonyl (C=O) groups is 3. The summed E-state index contributed by atoms with van der Waals surface area (Å²) in [5.41, 5.74) is 0. The number of hydrogen-bond donors (Lipinski definition) is 1. The van der Waals surface area contributed by atoms with Crippen LogP contribution in [0.3, 0.4) is 0 Å². The second-order valence-electron chi connectivity index (χ2n) is 6.51. The highest BCUT2D eigenvalue weighted by Crippen LogP contribution is 2.37. The van der Waals surface area contributed by atoms with E-state index in [1.807, 2.05) is 0 Å². The van der Waals surface area contributed by atoms with Crippen LogP contribution in [0.5, 0.6) is 0 Å². The highest BCUT2D eigenvalue weighted by molar-refractivity contribution is 6.05. The molecular weight excluding hydrogens is 284 g/mol. The van der Waals surface area contributed by atoms with Gasteiger partial charge in [0.2, 0.25) is 17.7 Å². The highest BCUT2D eigenvalue weighted by Gasteiger charge is 2.47. The van der Waals surface area contributed by atoms with Gasteiger partial charge in [0.1, 0.15) is 0 Å². The zero-order valence-electron chi connectivity index (χ0n) is 12.9. The lowest BCUT2D eigenvalue weighted by Gasteiger charge is -2.19. The maximum Gasteiger partial charge on any atom is 0.233 e. The van der Waals surface area contributed by atoms with Crippen LogP contribution in [0, 0.1) is 11.8 Å². The third-order valence-electron chi connectivity index (χ3n) is 5.05. The van der Waals surface area contributed by atoms with Crippen LogP contribution in [0.25, 0.3) is 0 Å². The van der Waals surface area contributed by atoms with Crippen molar-refractivity contribution in [1.82, 2.24) is 10.2 Å². The van der Waals surface area contributed by atoms with Gasteiger partial charge in [0, 0.05) is 26.1 Å². The van der Waals surface area contributed by atoms with Crippen molar-refractivity contribution < 1.29 is 19.1 Å². The van der Waals surface area contributed by atoms with Crippen molar-refractivity contribution in [3.63, 3.8) is 0 Å². The fourth-order valence-corrected chi connectivity index (χ4v) is 3.79. The van der Waals surface area contributed by atoms with Crippen molar-refractivity contribution in [3.8, 4) is 0 Å². The predicted molar refractivity (Wildman–Crippen MR) is 78.8 cm³/mol. The molecule has 22 heavy (non-hydrogen) atoms. The number of hydrogen-bond acceptors (Lipinski definition) is 4. The Balaban J connectivity index is 1.45. The largest absolute Gasteiger partial charge is 0.376 e. The molecule has 3 fully saturated rings. The first kappa shape index (κ1) is 15.5. The Hall–Kier alpha value is -1.43. The summed E-state index contributed by atoms with van der Waals surface area (Å²) >= 11 is 0.